The van der Waals surface area contributed by atoms with Crippen LogP contribution in [-0.4, -0.2) is 20.0 Å². The fraction of sp³-hybridized carbons (Fsp3) is 0.375. The quantitative estimate of drug-likeness (QED) is 0.594. The number of aromatic hydroxyl groups is 2. The van der Waals surface area contributed by atoms with E-state index in [1.54, 1.807) is 24.3 Å². The van der Waals surface area contributed by atoms with E-state index in [4.69, 9.17) is 5.10 Å². The highest BCUT2D eigenvalue weighted by atomic mass is 16.3. The maximum Gasteiger partial charge on any atom is 0.115 e. The van der Waals surface area contributed by atoms with Crippen LogP contribution in [0.15, 0.2) is 48.5 Å². The van der Waals surface area contributed by atoms with Crippen LogP contribution in [0.5, 0.6) is 11.5 Å². The third kappa shape index (κ3) is 3.77. The predicted molar refractivity (Wildman–Crippen MR) is 112 cm³/mol. The first kappa shape index (κ1) is 18.6. The van der Waals surface area contributed by atoms with Crippen LogP contribution >= 0.6 is 0 Å². The van der Waals surface area contributed by atoms with Gasteiger partial charge < -0.3 is 10.2 Å². The molecule has 0 bridgehead atoms. The Bertz CT molecular complexity index is 920. The monoisotopic (exact) mass is 376 g/mol. The fourth-order valence-corrected chi connectivity index (χ4v) is 4.37. The topological polar surface area (TPSA) is 58.3 Å². The van der Waals surface area contributed by atoms with E-state index in [1.807, 2.05) is 24.3 Å². The zero-order valence-corrected chi connectivity index (χ0v) is 16.4. The van der Waals surface area contributed by atoms with Gasteiger partial charge in [-0.25, -0.2) is 0 Å². The molecule has 0 amide bonds. The molecule has 1 fully saturated rings. The molecule has 0 aliphatic heterocycles. The van der Waals surface area contributed by atoms with Gasteiger partial charge in [0.05, 0.1) is 11.4 Å². The lowest BCUT2D eigenvalue weighted by Crippen LogP contribution is -2.16. The Morgan fingerprint density at radius 3 is 2.00 bits per heavy atom. The molecule has 1 aromatic heterocycles. The summed E-state index contributed by atoms with van der Waals surface area (Å²) in [4.78, 5) is 0. The van der Waals surface area contributed by atoms with Crippen molar-refractivity contribution in [1.29, 1.82) is 0 Å². The van der Waals surface area contributed by atoms with Gasteiger partial charge in [0.2, 0.25) is 0 Å². The number of phenols is 2. The number of hydrogen-bond acceptors (Lipinski definition) is 3. The minimum atomic E-state index is 0.266. The minimum absolute atomic E-state index is 0.266. The zero-order valence-electron chi connectivity index (χ0n) is 16.4. The summed E-state index contributed by atoms with van der Waals surface area (Å²) in [6.07, 6.45) is 7.38. The van der Waals surface area contributed by atoms with Gasteiger partial charge >= 0.3 is 0 Å². The van der Waals surface area contributed by atoms with Gasteiger partial charge in [0.25, 0.3) is 0 Å². The summed E-state index contributed by atoms with van der Waals surface area (Å²) in [6, 6.07) is 14.7. The number of aromatic nitrogens is 2. The van der Waals surface area contributed by atoms with E-state index >= 15 is 0 Å². The Balaban J connectivity index is 1.82. The SMILES string of the molecule is CCc1c(-c2ccc(O)cc2)nn(CC2CCCCC2)c1-c1ccc(O)cc1. The van der Waals surface area contributed by atoms with Crippen molar-refractivity contribution in [2.75, 3.05) is 0 Å². The summed E-state index contributed by atoms with van der Waals surface area (Å²) in [5.74, 6) is 1.21. The van der Waals surface area contributed by atoms with Crippen LogP contribution in [0.4, 0.5) is 0 Å². The Morgan fingerprint density at radius 2 is 1.43 bits per heavy atom. The first-order chi connectivity index (χ1) is 13.7. The Morgan fingerprint density at radius 1 is 0.857 bits per heavy atom. The molecule has 2 aromatic carbocycles. The molecule has 1 aliphatic rings. The molecule has 0 spiro atoms. The highest BCUT2D eigenvalue weighted by molar-refractivity contribution is 5.75. The van der Waals surface area contributed by atoms with Gasteiger partial charge in [-0.05, 0) is 73.7 Å². The molecule has 1 heterocycles. The highest BCUT2D eigenvalue weighted by Gasteiger charge is 2.22. The largest absolute Gasteiger partial charge is 0.508 e. The molecule has 146 valence electrons. The zero-order chi connectivity index (χ0) is 19.5. The van der Waals surface area contributed by atoms with E-state index in [2.05, 4.69) is 11.6 Å². The molecule has 0 unspecified atom stereocenters. The van der Waals surface area contributed by atoms with Crippen molar-refractivity contribution in [2.24, 2.45) is 5.92 Å². The second kappa shape index (κ2) is 8.09. The molecule has 4 heteroatoms. The Kier molecular flexibility index (Phi) is 5.38. The lowest BCUT2D eigenvalue weighted by Gasteiger charge is -2.22. The van der Waals surface area contributed by atoms with Gasteiger partial charge in [0.1, 0.15) is 11.5 Å². The normalized spacial score (nSPS) is 15.0. The van der Waals surface area contributed by atoms with Crippen LogP contribution in [0, 0.1) is 5.92 Å². The van der Waals surface area contributed by atoms with Crippen LogP contribution in [0.2, 0.25) is 0 Å². The number of benzene rings is 2. The van der Waals surface area contributed by atoms with Gasteiger partial charge in [-0.3, -0.25) is 4.68 Å². The molecule has 4 rings (SSSR count). The molecule has 28 heavy (non-hydrogen) atoms. The van der Waals surface area contributed by atoms with E-state index in [1.165, 1.54) is 37.7 Å². The van der Waals surface area contributed by atoms with Crippen molar-refractivity contribution in [3.63, 3.8) is 0 Å². The van der Waals surface area contributed by atoms with Crippen LogP contribution in [0.25, 0.3) is 22.5 Å². The standard InChI is InChI=1S/C24H28N2O2/c1-2-22-23(18-8-12-20(27)13-9-18)25-26(16-17-6-4-3-5-7-17)24(22)19-10-14-21(28)15-11-19/h8-15,17,27-28H,2-7,16H2,1H3. The molecule has 0 saturated heterocycles. The van der Waals surface area contributed by atoms with E-state index in [0.29, 0.717) is 5.92 Å². The fourth-order valence-electron chi connectivity index (χ4n) is 4.37. The number of phenolic OH excluding ortho intramolecular Hbond substituents is 2. The Hall–Kier alpha value is -2.75. The minimum Gasteiger partial charge on any atom is -0.508 e. The van der Waals surface area contributed by atoms with E-state index in [9.17, 15) is 10.2 Å². The Labute approximate surface area is 166 Å². The van der Waals surface area contributed by atoms with Gasteiger partial charge in [-0.15, -0.1) is 0 Å². The molecule has 0 radical (unpaired) electrons. The average molecular weight is 377 g/mol. The number of rotatable bonds is 5. The molecule has 0 atom stereocenters. The summed E-state index contributed by atoms with van der Waals surface area (Å²) in [7, 11) is 0. The summed E-state index contributed by atoms with van der Waals surface area (Å²) in [5.41, 5.74) is 5.46. The first-order valence-corrected chi connectivity index (χ1v) is 10.3. The van der Waals surface area contributed by atoms with E-state index in [-0.39, 0.29) is 11.5 Å². The lowest BCUT2D eigenvalue weighted by molar-refractivity contribution is 0.309. The summed E-state index contributed by atoms with van der Waals surface area (Å²) in [6.45, 7) is 3.09. The molecule has 1 aliphatic carbocycles. The molecule has 3 aromatic rings. The van der Waals surface area contributed by atoms with Gasteiger partial charge in [-0.2, -0.15) is 5.10 Å². The second-order valence-corrected chi connectivity index (χ2v) is 7.81. The van der Waals surface area contributed by atoms with Crippen LogP contribution in [0.3, 0.4) is 0 Å². The van der Waals surface area contributed by atoms with Crippen molar-refractivity contribution in [3.05, 3.63) is 54.1 Å². The van der Waals surface area contributed by atoms with Crippen molar-refractivity contribution < 1.29 is 10.2 Å². The maximum atomic E-state index is 9.72. The van der Waals surface area contributed by atoms with Crippen molar-refractivity contribution in [3.8, 4) is 34.0 Å². The molecule has 2 N–H and O–H groups in total. The van der Waals surface area contributed by atoms with Crippen LogP contribution in [0.1, 0.15) is 44.6 Å². The average Bonchev–Trinajstić information content (AvgIpc) is 3.08. The maximum absolute atomic E-state index is 9.72. The van der Waals surface area contributed by atoms with Gasteiger partial charge in [0.15, 0.2) is 0 Å². The van der Waals surface area contributed by atoms with Crippen molar-refractivity contribution in [1.82, 2.24) is 9.78 Å². The summed E-state index contributed by atoms with van der Waals surface area (Å²) < 4.78 is 2.18. The smallest absolute Gasteiger partial charge is 0.115 e. The summed E-state index contributed by atoms with van der Waals surface area (Å²) >= 11 is 0. The third-order valence-electron chi connectivity index (χ3n) is 5.84. The number of hydrogen-bond donors (Lipinski definition) is 2. The first-order valence-electron chi connectivity index (χ1n) is 10.3. The van der Waals surface area contributed by atoms with E-state index < -0.39 is 0 Å². The third-order valence-corrected chi connectivity index (χ3v) is 5.84. The molecule has 4 nitrogen and oxygen atoms in total. The lowest BCUT2D eigenvalue weighted by atomic mass is 9.89. The van der Waals surface area contributed by atoms with Crippen molar-refractivity contribution >= 4 is 0 Å². The summed E-state index contributed by atoms with van der Waals surface area (Å²) in [5, 5.41) is 24.4. The van der Waals surface area contributed by atoms with Crippen LogP contribution < -0.4 is 0 Å². The predicted octanol–water partition coefficient (Wildman–Crippen LogP) is 5.77. The highest BCUT2D eigenvalue weighted by Crippen LogP contribution is 2.36. The number of nitrogens with zero attached hydrogens (tertiary/aromatic N) is 2. The molecular weight excluding hydrogens is 348 g/mol. The second-order valence-electron chi connectivity index (χ2n) is 7.81. The van der Waals surface area contributed by atoms with Gasteiger partial charge in [0, 0.05) is 23.2 Å². The molecule has 1 saturated carbocycles. The molecular formula is C24H28N2O2. The van der Waals surface area contributed by atoms with E-state index in [0.717, 1.165) is 35.5 Å². The van der Waals surface area contributed by atoms with Gasteiger partial charge in [-0.1, -0.05) is 26.2 Å². The van der Waals surface area contributed by atoms with Crippen LogP contribution in [-0.2, 0) is 13.0 Å². The van der Waals surface area contributed by atoms with Crippen molar-refractivity contribution in [2.45, 2.75) is 52.0 Å².